The highest BCUT2D eigenvalue weighted by Gasteiger charge is 2.55. The van der Waals surface area contributed by atoms with Gasteiger partial charge in [-0.25, -0.2) is 4.98 Å². The van der Waals surface area contributed by atoms with Gasteiger partial charge in [-0.15, -0.1) is 0 Å². The van der Waals surface area contributed by atoms with E-state index in [1.54, 1.807) is 12.5 Å². The lowest BCUT2D eigenvalue weighted by Crippen LogP contribution is -2.65. The molecule has 2 atom stereocenters. The minimum absolute atomic E-state index is 0.0320. The Morgan fingerprint density at radius 1 is 1.32 bits per heavy atom. The predicted molar refractivity (Wildman–Crippen MR) is 92.1 cm³/mol. The Balaban J connectivity index is 1.39. The van der Waals surface area contributed by atoms with Gasteiger partial charge in [0.15, 0.2) is 0 Å². The van der Waals surface area contributed by atoms with Crippen molar-refractivity contribution in [2.24, 2.45) is 5.41 Å². The predicted octanol–water partition coefficient (Wildman–Crippen LogP) is 1.59. The van der Waals surface area contributed by atoms with Gasteiger partial charge in [0.25, 0.3) is 5.91 Å². The molecule has 0 unspecified atom stereocenters. The number of imidazole rings is 1. The number of rotatable bonds is 4. The summed E-state index contributed by atoms with van der Waals surface area (Å²) >= 11 is 0. The van der Waals surface area contributed by atoms with Crippen LogP contribution in [-0.2, 0) is 11.3 Å². The summed E-state index contributed by atoms with van der Waals surface area (Å²) in [4.78, 5) is 16.6. The summed E-state index contributed by atoms with van der Waals surface area (Å²) < 4.78 is 7.40. The van der Waals surface area contributed by atoms with Crippen LogP contribution in [0.1, 0.15) is 35.2 Å². The van der Waals surface area contributed by atoms with Gasteiger partial charge < -0.3 is 19.7 Å². The number of nitrogens with zero attached hydrogens (tertiary/aromatic N) is 2. The second-order valence-corrected chi connectivity index (χ2v) is 7.06. The van der Waals surface area contributed by atoms with Crippen molar-refractivity contribution in [1.29, 1.82) is 0 Å². The average molecular weight is 341 g/mol. The quantitative estimate of drug-likeness (QED) is 0.885. The van der Waals surface area contributed by atoms with Gasteiger partial charge in [0, 0.05) is 49.2 Å². The molecule has 4 rings (SSSR count). The molecule has 1 saturated heterocycles. The molecule has 2 heterocycles. The molecule has 2 fully saturated rings. The Morgan fingerprint density at radius 2 is 2.08 bits per heavy atom. The maximum absolute atomic E-state index is 12.6. The fraction of sp³-hybridized carbons (Fsp3) is 0.474. The minimum Gasteiger partial charge on any atom is -0.392 e. The summed E-state index contributed by atoms with van der Waals surface area (Å²) in [6, 6.07) is 7.68. The molecule has 1 aromatic carbocycles. The van der Waals surface area contributed by atoms with Crippen molar-refractivity contribution in [3.8, 4) is 0 Å². The van der Waals surface area contributed by atoms with Gasteiger partial charge in [-0.3, -0.25) is 4.79 Å². The van der Waals surface area contributed by atoms with Gasteiger partial charge in [-0.05, 0) is 37.0 Å². The molecule has 1 amide bonds. The standard InChI is InChI=1S/C19H23N3O3/c23-17-11-16(19(17)5-9-25-10-6-19)21-18(24)15-3-1-14(2-4-15)12-22-8-7-20-13-22/h1-4,7-8,13,16-17,23H,5-6,9-12H2,(H,21,24)/t16-,17-/m1/s1. The highest BCUT2D eigenvalue weighted by Crippen LogP contribution is 2.49. The molecule has 132 valence electrons. The van der Waals surface area contributed by atoms with E-state index in [2.05, 4.69) is 10.3 Å². The molecule has 25 heavy (non-hydrogen) atoms. The van der Waals surface area contributed by atoms with Crippen LogP contribution in [-0.4, -0.2) is 45.9 Å². The monoisotopic (exact) mass is 341 g/mol. The maximum atomic E-state index is 12.6. The van der Waals surface area contributed by atoms with E-state index in [4.69, 9.17) is 4.74 Å². The number of hydrogen-bond donors (Lipinski definition) is 2. The topological polar surface area (TPSA) is 76.4 Å². The van der Waals surface area contributed by atoms with Crippen molar-refractivity contribution in [3.63, 3.8) is 0 Å². The van der Waals surface area contributed by atoms with E-state index in [-0.39, 0.29) is 23.5 Å². The summed E-state index contributed by atoms with van der Waals surface area (Å²) in [7, 11) is 0. The molecule has 1 aliphatic heterocycles. The normalized spacial score (nSPS) is 24.7. The Hall–Kier alpha value is -2.18. The molecule has 0 radical (unpaired) electrons. The Kier molecular flexibility index (Phi) is 4.31. The van der Waals surface area contributed by atoms with Gasteiger partial charge in [0.1, 0.15) is 0 Å². The van der Waals surface area contributed by atoms with Crippen molar-refractivity contribution in [2.45, 2.75) is 38.0 Å². The summed E-state index contributed by atoms with van der Waals surface area (Å²) in [6.07, 6.45) is 7.35. The Morgan fingerprint density at radius 3 is 2.72 bits per heavy atom. The van der Waals surface area contributed by atoms with Gasteiger partial charge in [0.05, 0.1) is 12.4 Å². The molecule has 0 bridgehead atoms. The van der Waals surface area contributed by atoms with Crippen LogP contribution < -0.4 is 5.32 Å². The number of amides is 1. The maximum Gasteiger partial charge on any atom is 0.251 e. The first-order valence-electron chi connectivity index (χ1n) is 8.79. The molecular formula is C19H23N3O3. The van der Waals surface area contributed by atoms with E-state index in [1.807, 2.05) is 35.0 Å². The number of carbonyl (C=O) groups is 1. The van der Waals surface area contributed by atoms with Crippen LogP contribution >= 0.6 is 0 Å². The lowest BCUT2D eigenvalue weighted by molar-refractivity contribution is -0.145. The van der Waals surface area contributed by atoms with E-state index < -0.39 is 0 Å². The average Bonchev–Trinajstić information content (AvgIpc) is 3.16. The second-order valence-electron chi connectivity index (χ2n) is 7.06. The molecular weight excluding hydrogens is 318 g/mol. The van der Waals surface area contributed by atoms with Gasteiger partial charge >= 0.3 is 0 Å². The van der Waals surface area contributed by atoms with Gasteiger partial charge in [-0.1, -0.05) is 12.1 Å². The third kappa shape index (κ3) is 3.07. The molecule has 2 aromatic rings. The number of aliphatic hydroxyl groups is 1. The van der Waals surface area contributed by atoms with E-state index in [9.17, 15) is 9.90 Å². The van der Waals surface area contributed by atoms with Crippen LogP contribution in [0, 0.1) is 5.41 Å². The van der Waals surface area contributed by atoms with Crippen LogP contribution in [0.2, 0.25) is 0 Å². The number of nitrogens with one attached hydrogen (secondary N) is 1. The van der Waals surface area contributed by atoms with Crippen molar-refractivity contribution < 1.29 is 14.6 Å². The van der Waals surface area contributed by atoms with Gasteiger partial charge in [-0.2, -0.15) is 0 Å². The van der Waals surface area contributed by atoms with E-state index >= 15 is 0 Å². The second kappa shape index (κ2) is 6.61. The lowest BCUT2D eigenvalue weighted by atomic mass is 9.58. The van der Waals surface area contributed by atoms with Crippen molar-refractivity contribution in [3.05, 3.63) is 54.1 Å². The molecule has 2 N–H and O–H groups in total. The first kappa shape index (κ1) is 16.3. The van der Waals surface area contributed by atoms with Crippen LogP contribution in [0.15, 0.2) is 43.0 Å². The van der Waals surface area contributed by atoms with E-state index in [0.29, 0.717) is 25.2 Å². The lowest BCUT2D eigenvalue weighted by Gasteiger charge is -2.55. The van der Waals surface area contributed by atoms with Crippen LogP contribution in [0.4, 0.5) is 0 Å². The van der Waals surface area contributed by atoms with Crippen molar-refractivity contribution in [1.82, 2.24) is 14.9 Å². The Labute approximate surface area is 146 Å². The fourth-order valence-corrected chi connectivity index (χ4v) is 3.99. The van der Waals surface area contributed by atoms with Crippen LogP contribution in [0.3, 0.4) is 0 Å². The number of aliphatic hydroxyl groups excluding tert-OH is 1. The third-order valence-electron chi connectivity index (χ3n) is 5.69. The summed E-state index contributed by atoms with van der Waals surface area (Å²) in [5.74, 6) is -0.0723. The third-order valence-corrected chi connectivity index (χ3v) is 5.69. The summed E-state index contributed by atoms with van der Waals surface area (Å²) in [5, 5.41) is 13.3. The highest BCUT2D eigenvalue weighted by atomic mass is 16.5. The molecule has 1 saturated carbocycles. The number of hydrogen-bond acceptors (Lipinski definition) is 4. The molecule has 2 aliphatic rings. The number of aromatic nitrogens is 2. The largest absolute Gasteiger partial charge is 0.392 e. The van der Waals surface area contributed by atoms with E-state index in [0.717, 1.165) is 24.9 Å². The SMILES string of the molecule is O=C(N[C@@H]1C[C@@H](O)C12CCOCC2)c1ccc(Cn2ccnc2)cc1. The molecule has 1 spiro atoms. The molecule has 6 nitrogen and oxygen atoms in total. The van der Waals surface area contributed by atoms with Crippen molar-refractivity contribution in [2.75, 3.05) is 13.2 Å². The smallest absolute Gasteiger partial charge is 0.251 e. The zero-order valence-electron chi connectivity index (χ0n) is 14.1. The fourth-order valence-electron chi connectivity index (χ4n) is 3.99. The number of carbonyl (C=O) groups excluding carboxylic acids is 1. The highest BCUT2D eigenvalue weighted by molar-refractivity contribution is 5.94. The molecule has 6 heteroatoms. The van der Waals surface area contributed by atoms with E-state index in [1.165, 1.54) is 0 Å². The van der Waals surface area contributed by atoms with Crippen LogP contribution in [0.25, 0.3) is 0 Å². The first-order chi connectivity index (χ1) is 12.2. The number of ether oxygens (including phenoxy) is 1. The first-order valence-corrected chi connectivity index (χ1v) is 8.79. The van der Waals surface area contributed by atoms with Gasteiger partial charge in [0.2, 0.25) is 0 Å². The zero-order valence-corrected chi connectivity index (χ0v) is 14.1. The zero-order chi connectivity index (χ0) is 17.3. The summed E-state index contributed by atoms with van der Waals surface area (Å²) in [5.41, 5.74) is 1.57. The Bertz CT molecular complexity index is 721. The van der Waals surface area contributed by atoms with Crippen molar-refractivity contribution >= 4 is 5.91 Å². The minimum atomic E-state index is -0.334. The van der Waals surface area contributed by atoms with Crippen LogP contribution in [0.5, 0.6) is 0 Å². The molecule has 1 aliphatic carbocycles. The molecule has 1 aromatic heterocycles. The summed E-state index contributed by atoms with van der Waals surface area (Å²) in [6.45, 7) is 2.05. The number of benzene rings is 1.